The van der Waals surface area contributed by atoms with Gasteiger partial charge in [-0.1, -0.05) is 36.3 Å². The van der Waals surface area contributed by atoms with Crippen LogP contribution in [0.15, 0.2) is 36.5 Å². The van der Waals surface area contributed by atoms with Crippen molar-refractivity contribution in [3.05, 3.63) is 36.5 Å². The number of hydrogen-bond acceptors (Lipinski definition) is 3. The van der Waals surface area contributed by atoms with Crippen molar-refractivity contribution in [2.45, 2.75) is 50.4 Å². The number of halogens is 1. The second-order valence-electron chi connectivity index (χ2n) is 4.75. The Hall–Kier alpha value is -1.50. The van der Waals surface area contributed by atoms with Gasteiger partial charge >= 0.3 is 5.97 Å². The number of allylic oxidation sites excluding steroid dienone is 5. The lowest BCUT2D eigenvalue weighted by molar-refractivity contribution is -0.147. The van der Waals surface area contributed by atoms with Crippen molar-refractivity contribution in [2.24, 2.45) is 0 Å². The van der Waals surface area contributed by atoms with Gasteiger partial charge in [0.25, 0.3) is 0 Å². The van der Waals surface area contributed by atoms with Crippen molar-refractivity contribution in [1.82, 2.24) is 0 Å². The first kappa shape index (κ1) is 17.6. The zero-order chi connectivity index (χ0) is 15.7. The lowest BCUT2D eigenvalue weighted by Crippen LogP contribution is -2.24. The van der Waals surface area contributed by atoms with Crippen molar-refractivity contribution in [3.63, 3.8) is 0 Å². The van der Waals surface area contributed by atoms with E-state index in [4.69, 9.17) is 27.5 Å². The molecule has 0 aromatic rings. The van der Waals surface area contributed by atoms with E-state index in [0.29, 0.717) is 12.8 Å². The molecule has 1 saturated heterocycles. The number of carbonyl (C=O) groups is 1. The largest absolute Gasteiger partial charge is 0.459 e. The Bertz CT molecular complexity index is 459. The SMILES string of the molecule is C#C/C=C\C[C@@H](Cl)[C@@H]1C[C@H](OC(C)=O)[C@@H](/C=C\C=C\C)O1. The van der Waals surface area contributed by atoms with Crippen LogP contribution in [-0.4, -0.2) is 29.7 Å². The van der Waals surface area contributed by atoms with Crippen LogP contribution in [0.3, 0.4) is 0 Å². The third-order valence-corrected chi connectivity index (χ3v) is 3.52. The minimum atomic E-state index is -0.313. The standard InChI is InChI=1S/C17H21ClO3/c1-4-6-8-10-14(18)16-12-17(20-13(3)19)15(21-16)11-9-7-5-2/h1,5-9,11,14-17H,10,12H2,2-3H3/b7-5+,8-6-,11-9-/t14-,15-,16+,17+/m1/s1. The van der Waals surface area contributed by atoms with E-state index in [1.54, 1.807) is 6.08 Å². The normalized spacial score (nSPS) is 27.4. The predicted octanol–water partition coefficient (Wildman–Crippen LogP) is 3.39. The van der Waals surface area contributed by atoms with Crippen LogP contribution in [0.1, 0.15) is 26.7 Å². The molecule has 0 bridgehead atoms. The Balaban J connectivity index is 2.67. The van der Waals surface area contributed by atoms with Crippen LogP contribution < -0.4 is 0 Å². The minimum Gasteiger partial charge on any atom is -0.459 e. The summed E-state index contributed by atoms with van der Waals surface area (Å²) in [4.78, 5) is 11.2. The average Bonchev–Trinajstić information content (AvgIpc) is 2.82. The summed E-state index contributed by atoms with van der Waals surface area (Å²) >= 11 is 6.33. The molecule has 0 amide bonds. The van der Waals surface area contributed by atoms with Gasteiger partial charge < -0.3 is 9.47 Å². The van der Waals surface area contributed by atoms with Gasteiger partial charge in [0.1, 0.15) is 12.2 Å². The zero-order valence-corrected chi connectivity index (χ0v) is 13.1. The molecule has 21 heavy (non-hydrogen) atoms. The maximum atomic E-state index is 11.2. The number of terminal acetylenes is 1. The molecule has 0 aromatic heterocycles. The highest BCUT2D eigenvalue weighted by Crippen LogP contribution is 2.30. The highest BCUT2D eigenvalue weighted by Gasteiger charge is 2.38. The van der Waals surface area contributed by atoms with Gasteiger partial charge in [-0.05, 0) is 19.4 Å². The van der Waals surface area contributed by atoms with E-state index >= 15 is 0 Å². The maximum absolute atomic E-state index is 11.2. The van der Waals surface area contributed by atoms with Crippen molar-refractivity contribution in [1.29, 1.82) is 0 Å². The van der Waals surface area contributed by atoms with Crippen LogP contribution in [-0.2, 0) is 14.3 Å². The maximum Gasteiger partial charge on any atom is 0.303 e. The fourth-order valence-electron chi connectivity index (χ4n) is 2.14. The summed E-state index contributed by atoms with van der Waals surface area (Å²) in [6.07, 6.45) is 16.7. The molecule has 0 radical (unpaired) electrons. The molecule has 1 aliphatic rings. The lowest BCUT2D eigenvalue weighted by Gasteiger charge is -2.15. The van der Waals surface area contributed by atoms with Gasteiger partial charge in [0.15, 0.2) is 0 Å². The van der Waals surface area contributed by atoms with Crippen molar-refractivity contribution < 1.29 is 14.3 Å². The summed E-state index contributed by atoms with van der Waals surface area (Å²) in [6, 6.07) is 0. The third-order valence-electron chi connectivity index (χ3n) is 3.06. The van der Waals surface area contributed by atoms with Crippen molar-refractivity contribution in [3.8, 4) is 12.3 Å². The number of esters is 1. The molecular weight excluding hydrogens is 288 g/mol. The van der Waals surface area contributed by atoms with Gasteiger partial charge in [-0.15, -0.1) is 18.0 Å². The van der Waals surface area contributed by atoms with Gasteiger partial charge in [-0.2, -0.15) is 0 Å². The smallest absolute Gasteiger partial charge is 0.303 e. The number of hydrogen-bond donors (Lipinski definition) is 0. The van der Waals surface area contributed by atoms with Crippen LogP contribution >= 0.6 is 11.6 Å². The first-order chi connectivity index (χ1) is 10.1. The summed E-state index contributed by atoms with van der Waals surface area (Å²) in [5.41, 5.74) is 0. The predicted molar refractivity (Wildman–Crippen MR) is 85.0 cm³/mol. The van der Waals surface area contributed by atoms with Crippen molar-refractivity contribution >= 4 is 17.6 Å². The molecule has 0 spiro atoms. The third kappa shape index (κ3) is 6.20. The molecule has 0 N–H and O–H groups in total. The van der Waals surface area contributed by atoms with Crippen LogP contribution in [0.2, 0.25) is 0 Å². The molecule has 0 aromatic carbocycles. The second-order valence-corrected chi connectivity index (χ2v) is 5.31. The molecule has 114 valence electrons. The monoisotopic (exact) mass is 308 g/mol. The fraction of sp³-hybridized carbons (Fsp3) is 0.471. The topological polar surface area (TPSA) is 35.5 Å². The van der Waals surface area contributed by atoms with Gasteiger partial charge in [0.05, 0.1) is 11.5 Å². The molecule has 1 heterocycles. The van der Waals surface area contributed by atoms with Crippen molar-refractivity contribution in [2.75, 3.05) is 0 Å². The Morgan fingerprint density at radius 3 is 2.95 bits per heavy atom. The second kappa shape index (κ2) is 9.44. The summed E-state index contributed by atoms with van der Waals surface area (Å²) in [6.45, 7) is 3.33. The molecule has 0 saturated carbocycles. The fourth-order valence-corrected chi connectivity index (χ4v) is 2.41. The number of ether oxygens (including phenoxy) is 2. The van der Waals surface area contributed by atoms with E-state index in [9.17, 15) is 4.79 Å². The Labute approximate surface area is 131 Å². The Morgan fingerprint density at radius 1 is 1.57 bits per heavy atom. The average molecular weight is 309 g/mol. The highest BCUT2D eigenvalue weighted by atomic mass is 35.5. The van der Waals surface area contributed by atoms with Gasteiger partial charge in [0, 0.05) is 13.3 Å². The van der Waals surface area contributed by atoms with Gasteiger partial charge in [-0.3, -0.25) is 4.79 Å². The van der Waals surface area contributed by atoms with Gasteiger partial charge in [-0.25, -0.2) is 0 Å². The number of rotatable bonds is 6. The molecule has 4 atom stereocenters. The molecule has 1 fully saturated rings. The van der Waals surface area contributed by atoms with Crippen LogP contribution in [0.25, 0.3) is 0 Å². The van der Waals surface area contributed by atoms with E-state index in [1.807, 2.05) is 37.3 Å². The van der Waals surface area contributed by atoms with E-state index in [1.165, 1.54) is 6.92 Å². The van der Waals surface area contributed by atoms with Gasteiger partial charge in [0.2, 0.25) is 0 Å². The number of carbonyl (C=O) groups excluding carboxylic acids is 1. The van der Waals surface area contributed by atoms with Crippen LogP contribution in [0.4, 0.5) is 0 Å². The summed E-state index contributed by atoms with van der Waals surface area (Å²) < 4.78 is 11.2. The molecule has 3 nitrogen and oxygen atoms in total. The molecule has 0 unspecified atom stereocenters. The summed E-state index contributed by atoms with van der Waals surface area (Å²) in [5, 5.41) is -0.201. The molecule has 0 aliphatic carbocycles. The lowest BCUT2D eigenvalue weighted by atomic mass is 10.1. The summed E-state index contributed by atoms with van der Waals surface area (Å²) in [5.74, 6) is 2.11. The Kier molecular flexibility index (Phi) is 7.89. The van der Waals surface area contributed by atoms with Crippen LogP contribution in [0, 0.1) is 12.3 Å². The molecule has 1 rings (SSSR count). The minimum absolute atomic E-state index is 0.168. The molecular formula is C17H21ClO3. The first-order valence-corrected chi connectivity index (χ1v) is 7.39. The van der Waals surface area contributed by atoms with E-state index in [2.05, 4.69) is 5.92 Å². The zero-order valence-electron chi connectivity index (χ0n) is 12.4. The Morgan fingerprint density at radius 2 is 2.33 bits per heavy atom. The quantitative estimate of drug-likeness (QED) is 0.326. The molecule has 1 aliphatic heterocycles. The van der Waals surface area contributed by atoms with E-state index in [-0.39, 0.29) is 29.7 Å². The van der Waals surface area contributed by atoms with E-state index < -0.39 is 0 Å². The molecule has 4 heteroatoms. The van der Waals surface area contributed by atoms with Crippen LogP contribution in [0.5, 0.6) is 0 Å². The van der Waals surface area contributed by atoms with E-state index in [0.717, 1.165) is 0 Å². The highest BCUT2D eigenvalue weighted by molar-refractivity contribution is 6.21. The first-order valence-electron chi connectivity index (χ1n) is 6.95. The number of alkyl halides is 1. The summed E-state index contributed by atoms with van der Waals surface area (Å²) in [7, 11) is 0.